The van der Waals surface area contributed by atoms with Gasteiger partial charge in [0, 0.05) is 63.1 Å². The molecule has 0 saturated carbocycles. The molecule has 0 atom stereocenters. The number of hydrogen-bond donors (Lipinski definition) is 3. The van der Waals surface area contributed by atoms with Crippen molar-refractivity contribution in [3.63, 3.8) is 0 Å². The largest absolute Gasteiger partial charge is 0.436 e. The van der Waals surface area contributed by atoms with Crippen LogP contribution in [-0.2, 0) is 16.1 Å². The van der Waals surface area contributed by atoms with E-state index in [4.69, 9.17) is 21.8 Å². The molecule has 0 radical (unpaired) electrons. The molecule has 2 fully saturated rings. The molecule has 3 heterocycles. The van der Waals surface area contributed by atoms with Crippen LogP contribution in [0.5, 0.6) is 11.6 Å². The first kappa shape index (κ1) is 30.2. The topological polar surface area (TPSA) is 124 Å². The first-order valence-electron chi connectivity index (χ1n) is 13.5. The van der Waals surface area contributed by atoms with Crippen molar-refractivity contribution in [2.24, 2.45) is 0 Å². The number of halogens is 2. The number of nitrogens with one attached hydrogen (secondary N) is 3. The fourth-order valence-corrected chi connectivity index (χ4v) is 4.89. The molecule has 2 aliphatic rings. The van der Waals surface area contributed by atoms with Gasteiger partial charge in [0.1, 0.15) is 18.0 Å². The van der Waals surface area contributed by atoms with E-state index in [0.717, 1.165) is 32.2 Å². The Balaban J connectivity index is 1.08. The van der Waals surface area contributed by atoms with Crippen LogP contribution < -0.4 is 20.7 Å². The minimum absolute atomic E-state index is 0.00688. The lowest BCUT2D eigenvalue weighted by Gasteiger charge is -2.46. The van der Waals surface area contributed by atoms with E-state index in [1.165, 1.54) is 48.8 Å². The van der Waals surface area contributed by atoms with Gasteiger partial charge in [-0.05, 0) is 49.1 Å². The van der Waals surface area contributed by atoms with Gasteiger partial charge in [-0.15, -0.1) is 5.06 Å². The Morgan fingerprint density at radius 2 is 1.74 bits per heavy atom. The van der Waals surface area contributed by atoms with Gasteiger partial charge >= 0.3 is 6.09 Å². The van der Waals surface area contributed by atoms with Crippen LogP contribution in [0.25, 0.3) is 0 Å². The summed E-state index contributed by atoms with van der Waals surface area (Å²) in [5.41, 5.74) is 0.880. The standard InChI is InChI=1S/C28H30F2N8O4S/c1-36-15-21(16-36)37-8-10-38(11-9-37)42-28(40)34-24-14-26(32-17-31-24)41-23-7-6-20(13-22(23)30)33-27(43)35-25(39)12-18-2-4-19(29)5-3-18/h2-7,13-14,17,21H,8-12,15-16H2,1H3,(H,31,32,34,40)(H2,33,35,39,43). The molecule has 43 heavy (non-hydrogen) atoms. The third-order valence-corrected chi connectivity index (χ3v) is 7.06. The van der Waals surface area contributed by atoms with Gasteiger partial charge < -0.3 is 25.1 Å². The second kappa shape index (κ2) is 13.8. The SMILES string of the molecule is CN1CC(N2CCN(OC(=O)Nc3cc(Oc4ccc(NC(=S)NC(=O)Cc5ccc(F)cc5)cc4F)ncn3)CC2)C1. The maximum absolute atomic E-state index is 14.8. The second-order valence-electron chi connectivity index (χ2n) is 10.1. The molecule has 2 amide bonds. The summed E-state index contributed by atoms with van der Waals surface area (Å²) in [5, 5.41) is 9.33. The van der Waals surface area contributed by atoms with Gasteiger partial charge in [0.05, 0.1) is 6.42 Å². The average Bonchev–Trinajstić information content (AvgIpc) is 2.94. The summed E-state index contributed by atoms with van der Waals surface area (Å²) in [4.78, 5) is 42.6. The number of carbonyl (C=O) groups excluding carboxylic acids is 2. The zero-order chi connectivity index (χ0) is 30.3. The lowest BCUT2D eigenvalue weighted by molar-refractivity contribution is -0.128. The molecule has 0 spiro atoms. The molecule has 5 rings (SSSR count). The normalized spacial score (nSPS) is 16.2. The van der Waals surface area contributed by atoms with Crippen LogP contribution in [0.1, 0.15) is 5.56 Å². The quantitative estimate of drug-likeness (QED) is 0.325. The van der Waals surface area contributed by atoms with E-state index in [1.807, 2.05) is 0 Å². The number of carbonyl (C=O) groups is 2. The molecule has 12 nitrogen and oxygen atoms in total. The molecule has 15 heteroatoms. The van der Waals surface area contributed by atoms with E-state index in [9.17, 15) is 18.4 Å². The summed E-state index contributed by atoms with van der Waals surface area (Å²) < 4.78 is 33.4. The van der Waals surface area contributed by atoms with Crippen LogP contribution in [0.4, 0.5) is 25.1 Å². The minimum Gasteiger partial charge on any atom is -0.436 e. The molecule has 2 saturated heterocycles. The van der Waals surface area contributed by atoms with Gasteiger partial charge in [0.2, 0.25) is 11.8 Å². The average molecular weight is 613 g/mol. The Morgan fingerprint density at radius 1 is 1.00 bits per heavy atom. The number of hydroxylamine groups is 2. The van der Waals surface area contributed by atoms with Gasteiger partial charge in [0.15, 0.2) is 16.7 Å². The van der Waals surface area contributed by atoms with Gasteiger partial charge in [-0.2, -0.15) is 0 Å². The molecule has 1 aromatic heterocycles. The molecule has 226 valence electrons. The smallest absolute Gasteiger partial charge is 0.431 e. The third kappa shape index (κ3) is 8.61. The Labute approximate surface area is 251 Å². The predicted octanol–water partition coefficient (Wildman–Crippen LogP) is 3.00. The van der Waals surface area contributed by atoms with E-state index in [1.54, 1.807) is 5.06 Å². The first-order chi connectivity index (χ1) is 20.7. The number of benzene rings is 2. The van der Waals surface area contributed by atoms with E-state index in [2.05, 4.69) is 42.8 Å². The van der Waals surface area contributed by atoms with Gasteiger partial charge in [-0.1, -0.05) is 12.1 Å². The molecule has 3 N–H and O–H groups in total. The predicted molar refractivity (Wildman–Crippen MR) is 158 cm³/mol. The second-order valence-corrected chi connectivity index (χ2v) is 10.5. The van der Waals surface area contributed by atoms with Crippen molar-refractivity contribution in [3.8, 4) is 11.6 Å². The van der Waals surface area contributed by atoms with Crippen molar-refractivity contribution in [1.82, 2.24) is 30.1 Å². The van der Waals surface area contributed by atoms with Crippen molar-refractivity contribution in [2.75, 3.05) is 56.9 Å². The van der Waals surface area contributed by atoms with Crippen molar-refractivity contribution < 1.29 is 27.9 Å². The molecular formula is C28H30F2N8O4S. The van der Waals surface area contributed by atoms with Gasteiger partial charge in [0.25, 0.3) is 0 Å². The number of ether oxygens (including phenoxy) is 1. The number of hydrogen-bond acceptors (Lipinski definition) is 10. The highest BCUT2D eigenvalue weighted by Crippen LogP contribution is 2.26. The molecule has 2 aliphatic heterocycles. The molecule has 0 aliphatic carbocycles. The summed E-state index contributed by atoms with van der Waals surface area (Å²) in [6, 6.07) is 11.4. The Morgan fingerprint density at radius 3 is 2.44 bits per heavy atom. The maximum atomic E-state index is 14.8. The minimum atomic E-state index is -0.731. The fourth-order valence-electron chi connectivity index (χ4n) is 4.66. The highest BCUT2D eigenvalue weighted by atomic mass is 32.1. The first-order valence-corrected chi connectivity index (χ1v) is 13.9. The number of likely N-dealkylation sites (tertiary alicyclic amines) is 1. The highest BCUT2D eigenvalue weighted by molar-refractivity contribution is 7.80. The Bertz CT molecular complexity index is 1470. The van der Waals surface area contributed by atoms with E-state index < -0.39 is 23.6 Å². The third-order valence-electron chi connectivity index (χ3n) is 6.85. The van der Waals surface area contributed by atoms with Crippen molar-refractivity contribution in [2.45, 2.75) is 12.5 Å². The lowest BCUT2D eigenvalue weighted by Crippen LogP contribution is -2.61. The van der Waals surface area contributed by atoms with E-state index in [0.29, 0.717) is 24.7 Å². The van der Waals surface area contributed by atoms with Crippen LogP contribution in [0, 0.1) is 11.6 Å². The van der Waals surface area contributed by atoms with Crippen LogP contribution in [0.2, 0.25) is 0 Å². The van der Waals surface area contributed by atoms with Gasteiger partial charge in [-0.3, -0.25) is 15.0 Å². The summed E-state index contributed by atoms with van der Waals surface area (Å²) in [6.45, 7) is 4.94. The number of piperazine rings is 1. The number of likely N-dealkylation sites (N-methyl/N-ethyl adjacent to an activating group) is 1. The fraction of sp³-hybridized carbons (Fsp3) is 0.321. The van der Waals surface area contributed by atoms with Crippen LogP contribution >= 0.6 is 12.2 Å². The molecule has 0 unspecified atom stereocenters. The van der Waals surface area contributed by atoms with Crippen LogP contribution in [0.15, 0.2) is 54.9 Å². The molecule has 3 aromatic rings. The summed E-state index contributed by atoms with van der Waals surface area (Å²) in [7, 11) is 2.09. The van der Waals surface area contributed by atoms with Crippen molar-refractivity contribution in [1.29, 1.82) is 0 Å². The number of nitrogens with zero attached hydrogens (tertiary/aromatic N) is 5. The van der Waals surface area contributed by atoms with Gasteiger partial charge in [-0.25, -0.2) is 23.5 Å². The maximum Gasteiger partial charge on any atom is 0.431 e. The number of anilines is 2. The molecule has 0 bridgehead atoms. The van der Waals surface area contributed by atoms with Crippen LogP contribution in [-0.4, -0.2) is 94.3 Å². The number of amides is 2. The van der Waals surface area contributed by atoms with Crippen LogP contribution in [0.3, 0.4) is 0 Å². The molecule has 2 aromatic carbocycles. The van der Waals surface area contributed by atoms with Crippen molar-refractivity contribution >= 4 is 40.8 Å². The highest BCUT2D eigenvalue weighted by Gasteiger charge is 2.32. The van der Waals surface area contributed by atoms with Crippen molar-refractivity contribution in [3.05, 3.63) is 72.1 Å². The number of thiocarbonyl (C=S) groups is 1. The lowest BCUT2D eigenvalue weighted by atomic mass is 10.1. The number of rotatable bonds is 8. The Hall–Kier alpha value is -4.31. The summed E-state index contributed by atoms with van der Waals surface area (Å²) >= 11 is 5.13. The summed E-state index contributed by atoms with van der Waals surface area (Å²) in [5.74, 6) is -1.57. The summed E-state index contributed by atoms with van der Waals surface area (Å²) in [6.07, 6.45) is 0.454. The molecular weight excluding hydrogens is 582 g/mol. The zero-order valence-electron chi connectivity index (χ0n) is 23.3. The number of aromatic nitrogens is 2. The monoisotopic (exact) mass is 612 g/mol. The Kier molecular flexibility index (Phi) is 9.66. The van der Waals surface area contributed by atoms with E-state index >= 15 is 0 Å². The van der Waals surface area contributed by atoms with E-state index in [-0.39, 0.29) is 34.7 Å². The zero-order valence-corrected chi connectivity index (χ0v) is 24.1.